The van der Waals surface area contributed by atoms with Crippen molar-refractivity contribution in [3.8, 4) is 5.75 Å². The second-order valence-electron chi connectivity index (χ2n) is 12.0. The summed E-state index contributed by atoms with van der Waals surface area (Å²) in [6, 6.07) is 8.81. The van der Waals surface area contributed by atoms with Crippen LogP contribution in [0.15, 0.2) is 36.9 Å². The number of rotatable bonds is 26. The van der Waals surface area contributed by atoms with Crippen LogP contribution < -0.4 is 9.64 Å². The Morgan fingerprint density at radius 3 is 1.64 bits per heavy atom. The van der Waals surface area contributed by atoms with Gasteiger partial charge < -0.3 is 9.64 Å². The van der Waals surface area contributed by atoms with Crippen molar-refractivity contribution in [2.24, 2.45) is 0 Å². The third-order valence-corrected chi connectivity index (χ3v) is 8.47. The average Bonchev–Trinajstić information content (AvgIpc) is 2.97. The number of piperazine rings is 1. The average molecular weight is 541 g/mol. The predicted molar refractivity (Wildman–Crippen MR) is 173 cm³/mol. The molecule has 39 heavy (non-hydrogen) atoms. The van der Waals surface area contributed by atoms with Gasteiger partial charge in [0.1, 0.15) is 5.75 Å². The molecule has 224 valence electrons. The number of ether oxygens (including phenoxy) is 1. The third kappa shape index (κ3) is 17.7. The molecule has 0 spiro atoms. The zero-order valence-corrected chi connectivity index (χ0v) is 26.0. The van der Waals surface area contributed by atoms with E-state index < -0.39 is 0 Å². The van der Waals surface area contributed by atoms with E-state index in [1.54, 1.807) is 0 Å². The van der Waals surface area contributed by atoms with Gasteiger partial charge in [-0.15, -0.1) is 6.58 Å². The monoisotopic (exact) mass is 541 g/mol. The van der Waals surface area contributed by atoms with E-state index in [0.717, 1.165) is 38.3 Å². The van der Waals surface area contributed by atoms with Gasteiger partial charge in [0.2, 0.25) is 0 Å². The van der Waals surface area contributed by atoms with Crippen LogP contribution >= 0.6 is 0 Å². The van der Waals surface area contributed by atoms with Crippen molar-refractivity contribution in [3.05, 3.63) is 36.9 Å². The van der Waals surface area contributed by atoms with Crippen molar-refractivity contribution in [3.63, 3.8) is 0 Å². The maximum Gasteiger partial charge on any atom is 0.119 e. The summed E-state index contributed by atoms with van der Waals surface area (Å²) in [4.78, 5) is 5.21. The molecule has 0 atom stereocenters. The number of allylic oxidation sites excluding steroid dienone is 1. The van der Waals surface area contributed by atoms with E-state index in [1.165, 1.54) is 147 Å². The second kappa shape index (κ2) is 24.3. The highest BCUT2D eigenvalue weighted by atomic mass is 16.5. The summed E-state index contributed by atoms with van der Waals surface area (Å²) in [5.41, 5.74) is 1.35. The lowest BCUT2D eigenvalue weighted by Crippen LogP contribution is -2.46. The number of benzene rings is 1. The van der Waals surface area contributed by atoms with E-state index >= 15 is 0 Å². The summed E-state index contributed by atoms with van der Waals surface area (Å²) >= 11 is 0. The van der Waals surface area contributed by atoms with Gasteiger partial charge in [-0.2, -0.15) is 0 Å². The fourth-order valence-electron chi connectivity index (χ4n) is 5.80. The number of unbranched alkanes of at least 4 members (excludes halogenated alkanes) is 19. The molecule has 0 radical (unpaired) electrons. The van der Waals surface area contributed by atoms with Crippen LogP contribution in [0.5, 0.6) is 5.75 Å². The quantitative estimate of drug-likeness (QED) is 0.0858. The second-order valence-corrected chi connectivity index (χ2v) is 12.0. The van der Waals surface area contributed by atoms with E-state index in [9.17, 15) is 0 Å². The summed E-state index contributed by atoms with van der Waals surface area (Å²) in [6.07, 6.45) is 31.1. The molecule has 3 nitrogen and oxygen atoms in total. The maximum absolute atomic E-state index is 5.99. The van der Waals surface area contributed by atoms with Crippen LogP contribution in [0.3, 0.4) is 0 Å². The number of hydrogen-bond acceptors (Lipinski definition) is 3. The Labute approximate surface area is 243 Å². The van der Waals surface area contributed by atoms with Gasteiger partial charge in [-0.1, -0.05) is 122 Å². The smallest absolute Gasteiger partial charge is 0.119 e. The fraction of sp³-hybridized carbons (Fsp3) is 0.778. The molecular weight excluding hydrogens is 476 g/mol. The van der Waals surface area contributed by atoms with Crippen LogP contribution in [0.1, 0.15) is 142 Å². The molecule has 1 aliphatic rings. The molecule has 2 rings (SSSR count). The fourth-order valence-corrected chi connectivity index (χ4v) is 5.80. The van der Waals surface area contributed by atoms with Gasteiger partial charge in [0.15, 0.2) is 0 Å². The zero-order valence-electron chi connectivity index (χ0n) is 26.0. The van der Waals surface area contributed by atoms with Crippen molar-refractivity contribution in [1.82, 2.24) is 4.90 Å². The molecule has 1 heterocycles. The normalized spacial score (nSPS) is 14.1. The molecule has 1 aliphatic heterocycles. The van der Waals surface area contributed by atoms with Crippen molar-refractivity contribution in [2.75, 3.05) is 44.2 Å². The predicted octanol–water partition coefficient (Wildman–Crippen LogP) is 10.6. The highest BCUT2D eigenvalue weighted by molar-refractivity contribution is 5.49. The van der Waals surface area contributed by atoms with Crippen LogP contribution in [-0.4, -0.2) is 44.2 Å². The molecule has 1 aromatic carbocycles. The van der Waals surface area contributed by atoms with Gasteiger partial charge in [-0.25, -0.2) is 0 Å². The first kappa shape index (κ1) is 33.7. The Bertz CT molecular complexity index is 665. The van der Waals surface area contributed by atoms with Crippen molar-refractivity contribution in [2.45, 2.75) is 142 Å². The van der Waals surface area contributed by atoms with Crippen molar-refractivity contribution >= 4 is 5.69 Å². The Morgan fingerprint density at radius 2 is 1.10 bits per heavy atom. The van der Waals surface area contributed by atoms with Crippen LogP contribution in [0.2, 0.25) is 0 Å². The highest BCUT2D eigenvalue weighted by Gasteiger charge is 2.16. The Morgan fingerprint density at radius 1 is 0.615 bits per heavy atom. The van der Waals surface area contributed by atoms with Gasteiger partial charge in [-0.3, -0.25) is 4.90 Å². The largest absolute Gasteiger partial charge is 0.494 e. The molecular formula is C36H64N2O. The van der Waals surface area contributed by atoms with Crippen molar-refractivity contribution < 1.29 is 4.74 Å². The van der Waals surface area contributed by atoms with E-state index in [-0.39, 0.29) is 0 Å². The molecule has 0 amide bonds. The summed E-state index contributed by atoms with van der Waals surface area (Å²) in [7, 11) is 0. The minimum atomic E-state index is 0.837. The van der Waals surface area contributed by atoms with E-state index in [4.69, 9.17) is 4.74 Å². The first-order valence-corrected chi connectivity index (χ1v) is 17.1. The molecule has 0 unspecified atom stereocenters. The van der Waals surface area contributed by atoms with Gasteiger partial charge in [-0.05, 0) is 56.5 Å². The van der Waals surface area contributed by atoms with Crippen LogP contribution in [0.4, 0.5) is 5.69 Å². The molecule has 0 bridgehead atoms. The topological polar surface area (TPSA) is 15.7 Å². The SMILES string of the molecule is C=CCCCCCCCCOc1ccc(N2CCN(CCCCCCCCCCCCCCCC)CC2)cc1. The summed E-state index contributed by atoms with van der Waals surface area (Å²) in [5.74, 6) is 1.01. The number of nitrogens with zero attached hydrogens (tertiary/aromatic N) is 2. The van der Waals surface area contributed by atoms with E-state index in [2.05, 4.69) is 47.6 Å². The number of anilines is 1. The number of hydrogen-bond donors (Lipinski definition) is 0. The Hall–Kier alpha value is -1.48. The van der Waals surface area contributed by atoms with Gasteiger partial charge in [0, 0.05) is 31.9 Å². The van der Waals surface area contributed by atoms with Gasteiger partial charge in [0.25, 0.3) is 0 Å². The Kier molecular flexibility index (Phi) is 21.0. The molecule has 0 N–H and O–H groups in total. The lowest BCUT2D eigenvalue weighted by atomic mass is 10.0. The van der Waals surface area contributed by atoms with Gasteiger partial charge in [0.05, 0.1) is 6.61 Å². The summed E-state index contributed by atoms with van der Waals surface area (Å²) < 4.78 is 5.99. The van der Waals surface area contributed by atoms with Gasteiger partial charge >= 0.3 is 0 Å². The third-order valence-electron chi connectivity index (χ3n) is 8.47. The standard InChI is InChI=1S/C36H64N2O/c1-3-5-7-9-11-13-14-15-16-17-18-19-21-23-29-37-30-32-38(33-31-37)35-25-27-36(28-26-35)39-34-24-22-20-12-10-8-6-4-2/h4,25-28H,2-3,5-24,29-34H2,1H3. The lowest BCUT2D eigenvalue weighted by Gasteiger charge is -2.36. The molecule has 1 saturated heterocycles. The Balaban J connectivity index is 1.40. The summed E-state index contributed by atoms with van der Waals surface area (Å²) in [5, 5.41) is 0. The van der Waals surface area contributed by atoms with E-state index in [1.807, 2.05) is 6.08 Å². The zero-order chi connectivity index (χ0) is 27.6. The van der Waals surface area contributed by atoms with Crippen LogP contribution in [0.25, 0.3) is 0 Å². The molecule has 1 aromatic rings. The first-order chi connectivity index (χ1) is 19.3. The molecule has 0 aliphatic carbocycles. The van der Waals surface area contributed by atoms with E-state index in [0.29, 0.717) is 0 Å². The van der Waals surface area contributed by atoms with Crippen LogP contribution in [-0.2, 0) is 0 Å². The minimum Gasteiger partial charge on any atom is -0.494 e. The lowest BCUT2D eigenvalue weighted by molar-refractivity contribution is 0.252. The minimum absolute atomic E-state index is 0.837. The molecule has 0 aromatic heterocycles. The molecule has 3 heteroatoms. The molecule has 1 fully saturated rings. The van der Waals surface area contributed by atoms with Crippen LogP contribution in [0, 0.1) is 0 Å². The molecule has 0 saturated carbocycles. The van der Waals surface area contributed by atoms with Crippen molar-refractivity contribution in [1.29, 1.82) is 0 Å². The highest BCUT2D eigenvalue weighted by Crippen LogP contribution is 2.21. The first-order valence-electron chi connectivity index (χ1n) is 17.1. The maximum atomic E-state index is 5.99. The summed E-state index contributed by atoms with van der Waals surface area (Å²) in [6.45, 7) is 12.9.